The Morgan fingerprint density at radius 1 is 1.33 bits per heavy atom. The molecule has 0 spiro atoms. The van der Waals surface area contributed by atoms with Crippen LogP contribution in [0.3, 0.4) is 0 Å². The average Bonchev–Trinajstić information content (AvgIpc) is 1.83. The van der Waals surface area contributed by atoms with Crippen LogP contribution in [0.25, 0.3) is 0 Å². The Kier molecular flexibility index (Phi) is 4.67. The molecule has 0 aromatic carbocycles. The Labute approximate surface area is 54.9 Å². The second kappa shape index (κ2) is 4.73. The Morgan fingerprint density at radius 2 is 1.89 bits per heavy atom. The highest BCUT2D eigenvalue weighted by Crippen LogP contribution is 1.99. The summed E-state index contributed by atoms with van der Waals surface area (Å²) < 4.78 is 0. The van der Waals surface area contributed by atoms with E-state index in [1.165, 1.54) is 0 Å². The van der Waals surface area contributed by atoms with Crippen LogP contribution < -0.4 is 0 Å². The molecule has 3 nitrogen and oxygen atoms in total. The summed E-state index contributed by atoms with van der Waals surface area (Å²) in [4.78, 5) is 0. The van der Waals surface area contributed by atoms with Crippen molar-refractivity contribution in [2.45, 2.75) is 32.0 Å². The van der Waals surface area contributed by atoms with Gasteiger partial charge in [0.2, 0.25) is 0 Å². The van der Waals surface area contributed by atoms with Gasteiger partial charge in [0, 0.05) is 0 Å². The topological polar surface area (TPSA) is 60.4 Å². The van der Waals surface area contributed by atoms with Crippen LogP contribution in [0.2, 0.25) is 0 Å². The lowest BCUT2D eigenvalue weighted by atomic mass is 10.1. The molecule has 2 atom stereocenters. The summed E-state index contributed by atoms with van der Waals surface area (Å²) in [6.45, 7) is 1.17. The van der Waals surface area contributed by atoms with E-state index in [9.17, 15) is 5.11 Å². The fourth-order valence-electron chi connectivity index (χ4n) is 0.517. The zero-order valence-corrected chi connectivity index (χ0v) is 5.58. The summed E-state index contributed by atoms with van der Waals surface area (Å²) >= 11 is 0. The van der Waals surface area contributed by atoms with Crippen LogP contribution in [-0.2, 0) is 5.11 Å². The van der Waals surface area contributed by atoms with Gasteiger partial charge >= 0.3 is 0 Å². The van der Waals surface area contributed by atoms with Crippen LogP contribution in [0.5, 0.6) is 0 Å². The molecule has 0 heterocycles. The molecule has 3 heteroatoms. The van der Waals surface area contributed by atoms with Crippen molar-refractivity contribution in [1.29, 1.82) is 0 Å². The molecule has 2 N–H and O–H groups in total. The normalized spacial score (nSPS) is 17.3. The lowest BCUT2D eigenvalue weighted by Gasteiger charge is -2.06. The first-order valence-electron chi connectivity index (χ1n) is 3.11. The third kappa shape index (κ3) is 5.76. The molecule has 0 aliphatic rings. The first-order chi connectivity index (χ1) is 4.16. The van der Waals surface area contributed by atoms with Crippen molar-refractivity contribution < 1.29 is 15.3 Å². The molecule has 55 valence electrons. The monoisotopic (exact) mass is 133 g/mol. The number of rotatable bonds is 4. The molecular weight excluding hydrogens is 120 g/mol. The average molecular weight is 133 g/mol. The molecule has 0 fully saturated rings. The maximum atomic E-state index is 9.91. The van der Waals surface area contributed by atoms with Gasteiger partial charge in [-0.15, -0.1) is 0 Å². The first kappa shape index (κ1) is 8.88. The summed E-state index contributed by atoms with van der Waals surface area (Å²) in [5, 5.41) is 27.3. The summed E-state index contributed by atoms with van der Waals surface area (Å²) in [7, 11) is 0. The number of hydrogen-bond donors (Lipinski definition) is 2. The molecule has 0 bridgehead atoms. The highest BCUT2D eigenvalue weighted by molar-refractivity contribution is 4.55. The molecule has 0 aliphatic heterocycles. The van der Waals surface area contributed by atoms with Gasteiger partial charge in [-0.05, 0) is 19.8 Å². The molecule has 2 unspecified atom stereocenters. The molecule has 0 saturated carbocycles. The quantitative estimate of drug-likeness (QED) is 0.564. The van der Waals surface area contributed by atoms with Crippen molar-refractivity contribution in [2.75, 3.05) is 6.61 Å². The van der Waals surface area contributed by atoms with E-state index in [-0.39, 0.29) is 0 Å². The number of hydrogen-bond acceptors (Lipinski definition) is 2. The Balaban J connectivity index is 3.06. The van der Waals surface area contributed by atoms with E-state index in [4.69, 9.17) is 10.2 Å². The standard InChI is InChI=1S/C6H13O3/c1-5(8)2-3-6(9)4-7/h5-6,8-9H,2-4H2,1H3. The Morgan fingerprint density at radius 3 is 2.22 bits per heavy atom. The Bertz CT molecular complexity index is 63.3. The van der Waals surface area contributed by atoms with Gasteiger partial charge < -0.3 is 10.2 Å². The van der Waals surface area contributed by atoms with Crippen molar-refractivity contribution >= 4 is 0 Å². The van der Waals surface area contributed by atoms with Crippen molar-refractivity contribution in [3.8, 4) is 0 Å². The molecule has 0 rings (SSSR count). The maximum Gasteiger partial charge on any atom is 0.108 e. The second-order valence-corrected chi connectivity index (χ2v) is 2.25. The number of aliphatic hydroxyl groups excluding tert-OH is 2. The first-order valence-corrected chi connectivity index (χ1v) is 3.11. The van der Waals surface area contributed by atoms with Gasteiger partial charge in [-0.2, -0.15) is 0 Å². The lowest BCUT2D eigenvalue weighted by molar-refractivity contribution is 0.0400. The zero-order valence-electron chi connectivity index (χ0n) is 5.58. The Hall–Kier alpha value is -0.120. The summed E-state index contributed by atoms with van der Waals surface area (Å²) in [6.07, 6.45) is -0.282. The van der Waals surface area contributed by atoms with E-state index in [0.717, 1.165) is 0 Å². The lowest BCUT2D eigenvalue weighted by Crippen LogP contribution is -2.13. The zero-order chi connectivity index (χ0) is 7.28. The largest absolute Gasteiger partial charge is 0.393 e. The van der Waals surface area contributed by atoms with Crippen LogP contribution in [-0.4, -0.2) is 29.0 Å². The minimum absolute atomic E-state index is 0.404. The van der Waals surface area contributed by atoms with Gasteiger partial charge in [0.15, 0.2) is 0 Å². The van der Waals surface area contributed by atoms with Gasteiger partial charge in [-0.3, -0.25) is 0 Å². The summed E-state index contributed by atoms with van der Waals surface area (Å²) in [5.41, 5.74) is 0. The van der Waals surface area contributed by atoms with E-state index in [2.05, 4.69) is 0 Å². The molecule has 0 aliphatic carbocycles. The third-order valence-corrected chi connectivity index (χ3v) is 1.11. The summed E-state index contributed by atoms with van der Waals surface area (Å²) in [5.74, 6) is 0. The fourth-order valence-corrected chi connectivity index (χ4v) is 0.517. The van der Waals surface area contributed by atoms with Crippen LogP contribution >= 0.6 is 0 Å². The maximum absolute atomic E-state index is 9.91. The van der Waals surface area contributed by atoms with Crippen LogP contribution in [0.1, 0.15) is 19.8 Å². The molecule has 1 radical (unpaired) electrons. The fraction of sp³-hybridized carbons (Fsp3) is 1.00. The molecule has 9 heavy (non-hydrogen) atoms. The van der Waals surface area contributed by atoms with Crippen LogP contribution in [0, 0.1) is 0 Å². The highest BCUT2D eigenvalue weighted by atomic mass is 16.3. The van der Waals surface area contributed by atoms with Crippen molar-refractivity contribution in [3.63, 3.8) is 0 Å². The molecular formula is C6H13O3. The highest BCUT2D eigenvalue weighted by Gasteiger charge is 2.03. The van der Waals surface area contributed by atoms with Crippen LogP contribution in [0.15, 0.2) is 0 Å². The van der Waals surface area contributed by atoms with Crippen LogP contribution in [0.4, 0.5) is 0 Å². The van der Waals surface area contributed by atoms with Gasteiger partial charge in [-0.1, -0.05) is 0 Å². The van der Waals surface area contributed by atoms with E-state index in [0.29, 0.717) is 12.8 Å². The smallest absolute Gasteiger partial charge is 0.108 e. The SMILES string of the molecule is CC(O)CCC(O)C[O]. The molecule has 0 amide bonds. The van der Waals surface area contributed by atoms with Gasteiger partial charge in [0.05, 0.1) is 12.2 Å². The van der Waals surface area contributed by atoms with Crippen molar-refractivity contribution in [1.82, 2.24) is 0 Å². The minimum Gasteiger partial charge on any atom is -0.393 e. The van der Waals surface area contributed by atoms with Gasteiger partial charge in [0.1, 0.15) is 6.61 Å². The minimum atomic E-state index is -0.778. The molecule has 0 saturated heterocycles. The van der Waals surface area contributed by atoms with E-state index in [1.54, 1.807) is 6.92 Å². The van der Waals surface area contributed by atoms with E-state index >= 15 is 0 Å². The van der Waals surface area contributed by atoms with E-state index < -0.39 is 18.8 Å². The summed E-state index contributed by atoms with van der Waals surface area (Å²) in [6, 6.07) is 0. The van der Waals surface area contributed by atoms with Crippen molar-refractivity contribution in [3.05, 3.63) is 0 Å². The van der Waals surface area contributed by atoms with E-state index in [1.807, 2.05) is 0 Å². The second-order valence-electron chi connectivity index (χ2n) is 2.25. The predicted octanol–water partition coefficient (Wildman–Crippen LogP) is -0.0612. The predicted molar refractivity (Wildman–Crippen MR) is 32.5 cm³/mol. The third-order valence-electron chi connectivity index (χ3n) is 1.11. The van der Waals surface area contributed by atoms with Gasteiger partial charge in [-0.25, -0.2) is 5.11 Å². The molecule has 0 aromatic heterocycles. The molecule has 0 aromatic rings. The van der Waals surface area contributed by atoms with Crippen molar-refractivity contribution in [2.24, 2.45) is 0 Å². The van der Waals surface area contributed by atoms with Gasteiger partial charge in [0.25, 0.3) is 0 Å². The number of aliphatic hydroxyl groups is 2.